The lowest BCUT2D eigenvalue weighted by Gasteiger charge is -2.04. The largest absolute Gasteiger partial charge is 0.424 e. The van der Waals surface area contributed by atoms with Crippen molar-refractivity contribution in [2.75, 3.05) is 0 Å². The molecule has 1 aliphatic rings. The fourth-order valence-electron chi connectivity index (χ4n) is 1.16. The summed E-state index contributed by atoms with van der Waals surface area (Å²) in [6, 6.07) is 6.98. The van der Waals surface area contributed by atoms with Gasteiger partial charge in [0.15, 0.2) is 0 Å². The number of rotatable bonds is 1. The number of ether oxygens (including phenoxy) is 1. The fourth-order valence-corrected chi connectivity index (χ4v) is 1.64. The molecule has 0 atom stereocenters. The average molecular weight is 290 g/mol. The highest BCUT2D eigenvalue weighted by atomic mass is 35.5. The number of amidine groups is 1. The van der Waals surface area contributed by atoms with E-state index in [9.17, 15) is 0 Å². The maximum absolute atomic E-state index is 5.84. The highest BCUT2D eigenvalue weighted by Gasteiger charge is 2.08. The zero-order valence-electron chi connectivity index (χ0n) is 8.53. The SMILES string of the molecule is ClC1=CCC(Cl)=NC(Oc2cccc(Cl)c2)=N1. The Morgan fingerprint density at radius 2 is 1.94 bits per heavy atom. The third-order valence-electron chi connectivity index (χ3n) is 1.86. The maximum Gasteiger partial charge on any atom is 0.324 e. The first-order valence-electron chi connectivity index (χ1n) is 4.74. The van der Waals surface area contributed by atoms with Gasteiger partial charge in [0.1, 0.15) is 16.1 Å². The minimum atomic E-state index is 0.0935. The Morgan fingerprint density at radius 3 is 2.71 bits per heavy atom. The van der Waals surface area contributed by atoms with Gasteiger partial charge in [-0.05, 0) is 24.3 Å². The number of hydrogen-bond donors (Lipinski definition) is 0. The van der Waals surface area contributed by atoms with Crippen LogP contribution in [0.2, 0.25) is 5.02 Å². The number of halogens is 3. The summed E-state index contributed by atoms with van der Waals surface area (Å²) >= 11 is 17.5. The van der Waals surface area contributed by atoms with E-state index in [0.29, 0.717) is 27.5 Å². The summed E-state index contributed by atoms with van der Waals surface area (Å²) in [4.78, 5) is 7.94. The minimum Gasteiger partial charge on any atom is -0.424 e. The van der Waals surface area contributed by atoms with E-state index in [0.717, 1.165) is 0 Å². The summed E-state index contributed by atoms with van der Waals surface area (Å²) in [6.45, 7) is 0. The number of benzene rings is 1. The summed E-state index contributed by atoms with van der Waals surface area (Å²) in [7, 11) is 0. The second kappa shape index (κ2) is 5.54. The van der Waals surface area contributed by atoms with E-state index in [2.05, 4.69) is 9.98 Å². The number of allylic oxidation sites excluding steroid dienone is 1. The quantitative estimate of drug-likeness (QED) is 0.714. The zero-order valence-corrected chi connectivity index (χ0v) is 10.8. The van der Waals surface area contributed by atoms with Crippen molar-refractivity contribution in [3.05, 3.63) is 40.5 Å². The van der Waals surface area contributed by atoms with Crippen LogP contribution in [0.15, 0.2) is 45.5 Å². The molecule has 6 heteroatoms. The van der Waals surface area contributed by atoms with Gasteiger partial charge < -0.3 is 4.74 Å². The second-order valence-electron chi connectivity index (χ2n) is 3.17. The van der Waals surface area contributed by atoms with Crippen LogP contribution in [-0.4, -0.2) is 11.2 Å². The molecule has 0 amide bonds. The van der Waals surface area contributed by atoms with Gasteiger partial charge in [0.05, 0.1) is 0 Å². The van der Waals surface area contributed by atoms with Crippen molar-refractivity contribution in [2.45, 2.75) is 6.42 Å². The summed E-state index contributed by atoms with van der Waals surface area (Å²) in [5.41, 5.74) is 0. The molecule has 0 unspecified atom stereocenters. The highest BCUT2D eigenvalue weighted by molar-refractivity contribution is 6.66. The Hall–Kier alpha value is -1.03. The van der Waals surface area contributed by atoms with Crippen LogP contribution < -0.4 is 4.74 Å². The van der Waals surface area contributed by atoms with Gasteiger partial charge in [-0.3, -0.25) is 0 Å². The van der Waals surface area contributed by atoms with Gasteiger partial charge in [0.25, 0.3) is 0 Å². The van der Waals surface area contributed by atoms with Gasteiger partial charge in [-0.25, -0.2) is 0 Å². The lowest BCUT2D eigenvalue weighted by molar-refractivity contribution is 0.543. The Labute approximate surface area is 113 Å². The Balaban J connectivity index is 2.23. The molecule has 0 aromatic heterocycles. The van der Waals surface area contributed by atoms with Crippen molar-refractivity contribution in [3.63, 3.8) is 0 Å². The van der Waals surface area contributed by atoms with E-state index in [1.54, 1.807) is 30.3 Å². The van der Waals surface area contributed by atoms with Crippen LogP contribution in [0.25, 0.3) is 0 Å². The molecule has 0 spiro atoms. The van der Waals surface area contributed by atoms with Crippen molar-refractivity contribution < 1.29 is 4.74 Å². The van der Waals surface area contributed by atoms with Gasteiger partial charge in [0.2, 0.25) is 0 Å². The zero-order chi connectivity index (χ0) is 12.3. The first-order chi connectivity index (χ1) is 8.13. The lowest BCUT2D eigenvalue weighted by atomic mass is 10.3. The van der Waals surface area contributed by atoms with Crippen LogP contribution in [0.5, 0.6) is 5.75 Å². The normalized spacial score (nSPS) is 15.6. The van der Waals surface area contributed by atoms with Crippen LogP contribution in [0, 0.1) is 0 Å². The molecule has 88 valence electrons. The summed E-state index contributed by atoms with van der Waals surface area (Å²) in [6.07, 6.45) is 2.09. The molecule has 0 fully saturated rings. The standard InChI is InChI=1S/C11H7Cl3N2O/c12-7-2-1-3-8(6-7)17-11-15-9(13)4-5-10(14)16-11/h1-4,6H,5H2. The van der Waals surface area contributed by atoms with E-state index in [-0.39, 0.29) is 6.02 Å². The molecule has 2 rings (SSSR count). The number of hydrogen-bond acceptors (Lipinski definition) is 3. The Kier molecular flexibility index (Phi) is 4.05. The van der Waals surface area contributed by atoms with Crippen molar-refractivity contribution in [1.82, 2.24) is 0 Å². The van der Waals surface area contributed by atoms with E-state index < -0.39 is 0 Å². The molecule has 1 aromatic rings. The molecule has 0 radical (unpaired) electrons. The Bertz CT molecular complexity index is 523. The summed E-state index contributed by atoms with van der Waals surface area (Å²) in [5.74, 6) is 0.524. The first-order valence-corrected chi connectivity index (χ1v) is 5.88. The molecular weight excluding hydrogens is 282 g/mol. The van der Waals surface area contributed by atoms with E-state index in [4.69, 9.17) is 39.5 Å². The van der Waals surface area contributed by atoms with Crippen LogP contribution in [0.3, 0.4) is 0 Å². The molecule has 0 saturated carbocycles. The summed E-state index contributed by atoms with van der Waals surface area (Å²) in [5, 5.41) is 1.22. The Morgan fingerprint density at radius 1 is 1.12 bits per heavy atom. The molecular formula is C11H7Cl3N2O. The lowest BCUT2D eigenvalue weighted by Crippen LogP contribution is -2.06. The van der Waals surface area contributed by atoms with Crippen molar-refractivity contribution in [1.29, 1.82) is 0 Å². The molecule has 0 saturated heterocycles. The van der Waals surface area contributed by atoms with Crippen molar-refractivity contribution in [2.24, 2.45) is 9.98 Å². The molecule has 1 aliphatic heterocycles. The smallest absolute Gasteiger partial charge is 0.324 e. The van der Waals surface area contributed by atoms with E-state index in [1.165, 1.54) is 0 Å². The molecule has 17 heavy (non-hydrogen) atoms. The van der Waals surface area contributed by atoms with Gasteiger partial charge in [0, 0.05) is 11.4 Å². The van der Waals surface area contributed by atoms with Crippen molar-refractivity contribution in [3.8, 4) is 5.75 Å². The minimum absolute atomic E-state index is 0.0935. The van der Waals surface area contributed by atoms with E-state index >= 15 is 0 Å². The van der Waals surface area contributed by atoms with Gasteiger partial charge >= 0.3 is 6.02 Å². The van der Waals surface area contributed by atoms with Gasteiger partial charge in [-0.15, -0.1) is 0 Å². The van der Waals surface area contributed by atoms with Crippen LogP contribution in [0.1, 0.15) is 6.42 Å². The predicted molar refractivity (Wildman–Crippen MR) is 71.4 cm³/mol. The monoisotopic (exact) mass is 288 g/mol. The fraction of sp³-hybridized carbons (Fsp3) is 0.0909. The molecule has 1 aromatic carbocycles. The second-order valence-corrected chi connectivity index (χ2v) is 4.43. The predicted octanol–water partition coefficient (Wildman–Crippen LogP) is 4.20. The van der Waals surface area contributed by atoms with Gasteiger partial charge in [-0.2, -0.15) is 9.98 Å². The highest BCUT2D eigenvalue weighted by Crippen LogP contribution is 2.19. The molecule has 0 bridgehead atoms. The van der Waals surface area contributed by atoms with E-state index in [1.807, 2.05) is 0 Å². The molecule has 3 nitrogen and oxygen atoms in total. The van der Waals surface area contributed by atoms with Crippen LogP contribution in [0.4, 0.5) is 0 Å². The molecule has 1 heterocycles. The molecule has 0 N–H and O–H groups in total. The third kappa shape index (κ3) is 3.73. The maximum atomic E-state index is 5.84. The van der Waals surface area contributed by atoms with Crippen molar-refractivity contribution >= 4 is 46.0 Å². The third-order valence-corrected chi connectivity index (χ3v) is 2.58. The topological polar surface area (TPSA) is 34.0 Å². The number of aliphatic imine (C=N–C) groups is 2. The molecule has 0 aliphatic carbocycles. The number of nitrogens with zero attached hydrogens (tertiary/aromatic N) is 2. The van der Waals surface area contributed by atoms with Crippen LogP contribution >= 0.6 is 34.8 Å². The summed E-state index contributed by atoms with van der Waals surface area (Å²) < 4.78 is 5.43. The average Bonchev–Trinajstić information content (AvgIpc) is 2.40. The first kappa shape index (κ1) is 12.4. The van der Waals surface area contributed by atoms with Gasteiger partial charge in [-0.1, -0.05) is 40.9 Å². The van der Waals surface area contributed by atoms with Crippen LogP contribution in [-0.2, 0) is 0 Å².